The lowest BCUT2D eigenvalue weighted by molar-refractivity contribution is 0.102. The van der Waals surface area contributed by atoms with E-state index in [1.54, 1.807) is 6.07 Å². The summed E-state index contributed by atoms with van der Waals surface area (Å²) < 4.78 is 33.2. The summed E-state index contributed by atoms with van der Waals surface area (Å²) in [4.78, 5) is 12.9. The SMILES string of the molecule is CCCN(CCC)S(=O)(=O)c1ccc(C(=O)Nc2ccc3c(c2)oc2ccccc23)cc1. The fourth-order valence-electron chi connectivity index (χ4n) is 3.79. The number of furan rings is 1. The molecule has 4 aromatic rings. The van der Waals surface area contributed by atoms with Crippen LogP contribution in [0.3, 0.4) is 0 Å². The second-order valence-electron chi connectivity index (χ2n) is 7.69. The normalized spacial score (nSPS) is 12.0. The minimum absolute atomic E-state index is 0.194. The first kappa shape index (κ1) is 22.0. The summed E-state index contributed by atoms with van der Waals surface area (Å²) in [6.45, 7) is 4.86. The van der Waals surface area contributed by atoms with Crippen LogP contribution in [0.15, 0.2) is 76.0 Å². The maximum absolute atomic E-state index is 12.9. The summed E-state index contributed by atoms with van der Waals surface area (Å²) in [5, 5.41) is 4.87. The summed E-state index contributed by atoms with van der Waals surface area (Å²) in [5.74, 6) is -0.316. The van der Waals surface area contributed by atoms with Crippen molar-refractivity contribution in [1.82, 2.24) is 4.31 Å². The molecule has 0 radical (unpaired) electrons. The van der Waals surface area contributed by atoms with E-state index in [2.05, 4.69) is 5.32 Å². The number of rotatable bonds is 8. The Bertz CT molecular complexity index is 1350. The maximum Gasteiger partial charge on any atom is 0.255 e. The highest BCUT2D eigenvalue weighted by atomic mass is 32.2. The molecule has 0 atom stereocenters. The van der Waals surface area contributed by atoms with Gasteiger partial charge in [-0.1, -0.05) is 32.0 Å². The molecule has 0 bridgehead atoms. The Hall–Kier alpha value is -3.16. The Morgan fingerprint density at radius 2 is 1.53 bits per heavy atom. The van der Waals surface area contributed by atoms with E-state index in [0.29, 0.717) is 29.9 Å². The second-order valence-corrected chi connectivity index (χ2v) is 9.63. The first-order chi connectivity index (χ1) is 15.4. The molecule has 6 nitrogen and oxygen atoms in total. The second kappa shape index (κ2) is 9.14. The molecular weight excluding hydrogens is 424 g/mol. The van der Waals surface area contributed by atoms with Crippen LogP contribution in [0.25, 0.3) is 21.9 Å². The highest BCUT2D eigenvalue weighted by molar-refractivity contribution is 7.89. The Labute approximate surface area is 187 Å². The molecule has 0 aliphatic carbocycles. The number of anilines is 1. The van der Waals surface area contributed by atoms with Crippen molar-refractivity contribution >= 4 is 43.6 Å². The molecule has 4 rings (SSSR count). The lowest BCUT2D eigenvalue weighted by Crippen LogP contribution is -2.32. The fraction of sp³-hybridized carbons (Fsp3) is 0.240. The van der Waals surface area contributed by atoms with Crippen LogP contribution in [0.4, 0.5) is 5.69 Å². The zero-order valence-corrected chi connectivity index (χ0v) is 19.0. The number of hydrogen-bond acceptors (Lipinski definition) is 4. The van der Waals surface area contributed by atoms with Crippen LogP contribution in [0.1, 0.15) is 37.0 Å². The third-order valence-electron chi connectivity index (χ3n) is 5.34. The number of nitrogens with one attached hydrogen (secondary N) is 1. The molecule has 3 aromatic carbocycles. The van der Waals surface area contributed by atoms with Gasteiger partial charge in [0.05, 0.1) is 4.90 Å². The van der Waals surface area contributed by atoms with E-state index in [1.165, 1.54) is 28.6 Å². The minimum atomic E-state index is -3.57. The molecule has 0 unspecified atom stereocenters. The summed E-state index contributed by atoms with van der Waals surface area (Å²) in [6.07, 6.45) is 1.49. The molecular formula is C25H26N2O4S. The summed E-state index contributed by atoms with van der Waals surface area (Å²) in [6, 6.07) is 19.4. The molecule has 166 valence electrons. The molecule has 7 heteroatoms. The van der Waals surface area contributed by atoms with Gasteiger partial charge in [0.2, 0.25) is 10.0 Å². The van der Waals surface area contributed by atoms with Gasteiger partial charge in [0.1, 0.15) is 11.2 Å². The molecule has 1 heterocycles. The van der Waals surface area contributed by atoms with E-state index in [9.17, 15) is 13.2 Å². The summed E-state index contributed by atoms with van der Waals surface area (Å²) in [5.41, 5.74) is 2.47. The molecule has 0 saturated heterocycles. The highest BCUT2D eigenvalue weighted by Gasteiger charge is 2.23. The van der Waals surface area contributed by atoms with E-state index in [0.717, 1.165) is 29.2 Å². The summed E-state index contributed by atoms with van der Waals surface area (Å²) in [7, 11) is -3.57. The number of para-hydroxylation sites is 1. The van der Waals surface area contributed by atoms with E-state index in [4.69, 9.17) is 4.42 Å². The van der Waals surface area contributed by atoms with Gasteiger partial charge in [-0.25, -0.2) is 8.42 Å². The Kier molecular flexibility index (Phi) is 6.30. The van der Waals surface area contributed by atoms with Gasteiger partial charge in [0, 0.05) is 41.2 Å². The van der Waals surface area contributed by atoms with Crippen LogP contribution < -0.4 is 5.32 Å². The van der Waals surface area contributed by atoms with Gasteiger partial charge in [-0.15, -0.1) is 0 Å². The van der Waals surface area contributed by atoms with Gasteiger partial charge in [-0.3, -0.25) is 4.79 Å². The highest BCUT2D eigenvalue weighted by Crippen LogP contribution is 2.30. The summed E-state index contributed by atoms with van der Waals surface area (Å²) >= 11 is 0. The average Bonchev–Trinajstić information content (AvgIpc) is 3.16. The number of carbonyl (C=O) groups excluding carboxylic acids is 1. The van der Waals surface area contributed by atoms with Crippen molar-refractivity contribution < 1.29 is 17.6 Å². The van der Waals surface area contributed by atoms with E-state index < -0.39 is 10.0 Å². The number of nitrogens with zero attached hydrogens (tertiary/aromatic N) is 1. The van der Waals surface area contributed by atoms with Crippen molar-refractivity contribution in [2.24, 2.45) is 0 Å². The van der Waals surface area contributed by atoms with Crippen LogP contribution in [0, 0.1) is 0 Å². The van der Waals surface area contributed by atoms with Crippen molar-refractivity contribution in [3.8, 4) is 0 Å². The first-order valence-corrected chi connectivity index (χ1v) is 12.2. The van der Waals surface area contributed by atoms with Crippen LogP contribution in [0.5, 0.6) is 0 Å². The van der Waals surface area contributed by atoms with Gasteiger partial charge >= 0.3 is 0 Å². The number of sulfonamides is 1. The van der Waals surface area contributed by atoms with E-state index in [-0.39, 0.29) is 10.8 Å². The fourth-order valence-corrected chi connectivity index (χ4v) is 5.41. The molecule has 0 aliphatic rings. The van der Waals surface area contributed by atoms with Gasteiger partial charge in [-0.2, -0.15) is 4.31 Å². The van der Waals surface area contributed by atoms with Gasteiger partial charge in [0.25, 0.3) is 5.91 Å². The number of amides is 1. The van der Waals surface area contributed by atoms with Crippen LogP contribution >= 0.6 is 0 Å². The van der Waals surface area contributed by atoms with E-state index in [1.807, 2.05) is 50.2 Å². The number of fused-ring (bicyclic) bond motifs is 3. The third kappa shape index (κ3) is 4.26. The van der Waals surface area contributed by atoms with Crippen molar-refractivity contribution in [3.05, 3.63) is 72.3 Å². The van der Waals surface area contributed by atoms with Crippen molar-refractivity contribution in [1.29, 1.82) is 0 Å². The predicted molar refractivity (Wildman–Crippen MR) is 127 cm³/mol. The Balaban J connectivity index is 1.53. The molecule has 1 N–H and O–H groups in total. The maximum atomic E-state index is 12.9. The number of carbonyl (C=O) groups is 1. The van der Waals surface area contributed by atoms with Crippen molar-refractivity contribution in [2.75, 3.05) is 18.4 Å². The largest absolute Gasteiger partial charge is 0.456 e. The smallest absolute Gasteiger partial charge is 0.255 e. The van der Waals surface area contributed by atoms with Gasteiger partial charge < -0.3 is 9.73 Å². The molecule has 0 saturated carbocycles. The lowest BCUT2D eigenvalue weighted by Gasteiger charge is -2.21. The molecule has 0 spiro atoms. The van der Waals surface area contributed by atoms with Crippen LogP contribution in [-0.4, -0.2) is 31.7 Å². The molecule has 32 heavy (non-hydrogen) atoms. The molecule has 1 amide bonds. The van der Waals surface area contributed by atoms with Crippen molar-refractivity contribution in [2.45, 2.75) is 31.6 Å². The van der Waals surface area contributed by atoms with Crippen molar-refractivity contribution in [3.63, 3.8) is 0 Å². The Morgan fingerprint density at radius 1 is 0.875 bits per heavy atom. The average molecular weight is 451 g/mol. The number of benzene rings is 3. The monoisotopic (exact) mass is 450 g/mol. The molecule has 1 aromatic heterocycles. The third-order valence-corrected chi connectivity index (χ3v) is 7.25. The standard InChI is InChI=1S/C25H26N2O4S/c1-3-15-27(16-4-2)32(29,30)20-12-9-18(10-13-20)25(28)26-19-11-14-22-21-7-5-6-8-23(21)31-24(22)17-19/h5-14,17H,3-4,15-16H2,1-2H3,(H,26,28). The van der Waals surface area contributed by atoms with E-state index >= 15 is 0 Å². The van der Waals surface area contributed by atoms with Crippen LogP contribution in [-0.2, 0) is 10.0 Å². The Morgan fingerprint density at radius 3 is 2.22 bits per heavy atom. The minimum Gasteiger partial charge on any atom is -0.456 e. The molecule has 0 aliphatic heterocycles. The first-order valence-electron chi connectivity index (χ1n) is 10.8. The molecule has 0 fully saturated rings. The predicted octanol–water partition coefficient (Wildman–Crippen LogP) is 5.65. The topological polar surface area (TPSA) is 79.6 Å². The number of hydrogen-bond donors (Lipinski definition) is 1. The zero-order chi connectivity index (χ0) is 22.7. The van der Waals surface area contributed by atoms with Gasteiger partial charge in [-0.05, 0) is 55.3 Å². The quantitative estimate of drug-likeness (QED) is 0.376. The van der Waals surface area contributed by atoms with Gasteiger partial charge in [0.15, 0.2) is 0 Å². The van der Waals surface area contributed by atoms with Crippen LogP contribution in [0.2, 0.25) is 0 Å². The lowest BCUT2D eigenvalue weighted by atomic mass is 10.1. The zero-order valence-electron chi connectivity index (χ0n) is 18.2.